The van der Waals surface area contributed by atoms with E-state index < -0.39 is 0 Å². The number of amides is 1. The number of hydrogen-bond donors (Lipinski definition) is 3. The highest BCUT2D eigenvalue weighted by atomic mass is 16.5. The first kappa shape index (κ1) is 17.5. The quantitative estimate of drug-likeness (QED) is 0.598. The standard InChI is InChI=1S/C22H19N3O4/c26-18-6-5-15-21(28)19(9-13-10-24-17-4-2-1-3-14(13)17)29-22(15)16(18)11-25-8-7-23-20(27)12-25/h1-6,9-10,24,26H,7-8,11-12H2,(H,23,27)/b19-9-. The Balaban J connectivity index is 1.49. The minimum absolute atomic E-state index is 0.0517. The van der Waals surface area contributed by atoms with Crippen LogP contribution in [0.15, 0.2) is 48.4 Å². The predicted octanol–water partition coefficient (Wildman–Crippen LogP) is 2.42. The Morgan fingerprint density at radius 1 is 1.17 bits per heavy atom. The number of piperazine rings is 1. The van der Waals surface area contributed by atoms with E-state index in [0.717, 1.165) is 16.5 Å². The molecule has 0 bridgehead atoms. The molecule has 0 atom stereocenters. The van der Waals surface area contributed by atoms with Gasteiger partial charge in [-0.15, -0.1) is 0 Å². The molecule has 0 spiro atoms. The van der Waals surface area contributed by atoms with E-state index in [1.807, 2.05) is 35.4 Å². The van der Waals surface area contributed by atoms with Gasteiger partial charge >= 0.3 is 0 Å². The van der Waals surface area contributed by atoms with E-state index in [4.69, 9.17) is 4.74 Å². The van der Waals surface area contributed by atoms with Gasteiger partial charge in [-0.1, -0.05) is 18.2 Å². The number of aromatic amines is 1. The van der Waals surface area contributed by atoms with Gasteiger partial charge < -0.3 is 20.1 Å². The van der Waals surface area contributed by atoms with Crippen molar-refractivity contribution in [1.29, 1.82) is 0 Å². The van der Waals surface area contributed by atoms with Crippen molar-refractivity contribution in [3.63, 3.8) is 0 Å². The van der Waals surface area contributed by atoms with Crippen LogP contribution in [0.3, 0.4) is 0 Å². The number of para-hydroxylation sites is 1. The van der Waals surface area contributed by atoms with Crippen LogP contribution >= 0.6 is 0 Å². The summed E-state index contributed by atoms with van der Waals surface area (Å²) >= 11 is 0. The summed E-state index contributed by atoms with van der Waals surface area (Å²) < 4.78 is 5.93. The molecular weight excluding hydrogens is 370 g/mol. The molecule has 7 nitrogen and oxygen atoms in total. The van der Waals surface area contributed by atoms with Crippen molar-refractivity contribution < 1.29 is 19.4 Å². The number of aromatic hydroxyl groups is 1. The highest BCUT2D eigenvalue weighted by Crippen LogP contribution is 2.40. The average molecular weight is 389 g/mol. The van der Waals surface area contributed by atoms with Crippen molar-refractivity contribution in [2.45, 2.75) is 6.54 Å². The van der Waals surface area contributed by atoms with Crippen molar-refractivity contribution in [3.8, 4) is 11.5 Å². The van der Waals surface area contributed by atoms with Gasteiger partial charge in [0.05, 0.1) is 17.7 Å². The molecule has 1 saturated heterocycles. The number of aromatic nitrogens is 1. The van der Waals surface area contributed by atoms with E-state index in [2.05, 4.69) is 10.3 Å². The van der Waals surface area contributed by atoms with E-state index in [1.54, 1.807) is 12.1 Å². The minimum Gasteiger partial charge on any atom is -0.507 e. The zero-order chi connectivity index (χ0) is 20.0. The summed E-state index contributed by atoms with van der Waals surface area (Å²) in [6, 6.07) is 10.9. The Bertz CT molecular complexity index is 1180. The second-order valence-electron chi connectivity index (χ2n) is 7.23. The number of fused-ring (bicyclic) bond motifs is 2. The molecule has 3 heterocycles. The molecule has 3 aromatic rings. The molecule has 0 unspecified atom stereocenters. The van der Waals surface area contributed by atoms with Crippen molar-refractivity contribution in [3.05, 3.63) is 65.0 Å². The van der Waals surface area contributed by atoms with Gasteiger partial charge in [-0.25, -0.2) is 0 Å². The smallest absolute Gasteiger partial charge is 0.234 e. The lowest BCUT2D eigenvalue weighted by atomic mass is 10.0. The highest BCUT2D eigenvalue weighted by molar-refractivity contribution is 6.15. The molecule has 1 aromatic heterocycles. The lowest BCUT2D eigenvalue weighted by Crippen LogP contribution is -2.47. The third-order valence-electron chi connectivity index (χ3n) is 5.32. The molecule has 0 saturated carbocycles. The molecule has 5 rings (SSSR count). The largest absolute Gasteiger partial charge is 0.507 e. The van der Waals surface area contributed by atoms with Gasteiger partial charge in [-0.3, -0.25) is 14.5 Å². The molecule has 0 aliphatic carbocycles. The second kappa shape index (κ2) is 6.79. The Labute approximate surface area is 166 Å². The van der Waals surface area contributed by atoms with Crippen molar-refractivity contribution in [2.75, 3.05) is 19.6 Å². The van der Waals surface area contributed by atoms with Crippen molar-refractivity contribution in [2.24, 2.45) is 0 Å². The van der Waals surface area contributed by atoms with Crippen LogP contribution in [0.25, 0.3) is 17.0 Å². The fraction of sp³-hybridized carbons (Fsp3) is 0.182. The normalized spacial score (nSPS) is 18.1. The van der Waals surface area contributed by atoms with Gasteiger partial charge in [-0.05, 0) is 24.3 Å². The third-order valence-corrected chi connectivity index (χ3v) is 5.32. The van der Waals surface area contributed by atoms with Crippen molar-refractivity contribution >= 4 is 28.7 Å². The molecule has 2 aromatic carbocycles. The zero-order valence-corrected chi connectivity index (χ0v) is 15.6. The highest BCUT2D eigenvalue weighted by Gasteiger charge is 2.32. The number of phenolic OH excluding ortho intramolecular Hbond substituents is 1. The number of nitrogens with zero attached hydrogens (tertiary/aromatic N) is 1. The lowest BCUT2D eigenvalue weighted by molar-refractivity contribution is -0.124. The van der Waals surface area contributed by atoms with E-state index in [0.29, 0.717) is 36.5 Å². The topological polar surface area (TPSA) is 94.7 Å². The van der Waals surface area contributed by atoms with E-state index in [1.165, 1.54) is 6.07 Å². The van der Waals surface area contributed by atoms with Gasteiger partial charge in [0.2, 0.25) is 11.7 Å². The summed E-state index contributed by atoms with van der Waals surface area (Å²) in [7, 11) is 0. The number of carbonyl (C=O) groups excluding carboxylic acids is 2. The molecule has 1 fully saturated rings. The number of rotatable bonds is 3. The molecule has 146 valence electrons. The number of benzene rings is 2. The Morgan fingerprint density at radius 2 is 2.03 bits per heavy atom. The Kier molecular flexibility index (Phi) is 4.10. The summed E-state index contributed by atoms with van der Waals surface area (Å²) in [4.78, 5) is 29.7. The Morgan fingerprint density at radius 3 is 2.90 bits per heavy atom. The summed E-state index contributed by atoms with van der Waals surface area (Å²) in [5.74, 6) is 0.360. The van der Waals surface area contributed by atoms with Gasteiger partial charge in [0.1, 0.15) is 11.5 Å². The molecule has 3 N–H and O–H groups in total. The molecule has 1 amide bonds. The molecule has 0 radical (unpaired) electrons. The van der Waals surface area contributed by atoms with Gasteiger partial charge in [0.25, 0.3) is 0 Å². The number of ketones is 1. The lowest BCUT2D eigenvalue weighted by Gasteiger charge is -2.27. The Hall–Kier alpha value is -3.58. The molecule has 7 heteroatoms. The van der Waals surface area contributed by atoms with Crippen LogP contribution in [0.2, 0.25) is 0 Å². The first-order chi connectivity index (χ1) is 14.1. The maximum atomic E-state index is 12.9. The average Bonchev–Trinajstić information content (AvgIpc) is 3.26. The molecular formula is C22H19N3O4. The first-order valence-corrected chi connectivity index (χ1v) is 9.44. The monoisotopic (exact) mass is 389 g/mol. The number of Topliss-reactive ketones (excluding diaryl/α,β-unsaturated/α-hetero) is 1. The molecule has 2 aliphatic rings. The van der Waals surface area contributed by atoms with E-state index >= 15 is 0 Å². The molecule has 2 aliphatic heterocycles. The minimum atomic E-state index is -0.220. The molecule has 29 heavy (non-hydrogen) atoms. The number of H-pyrrole nitrogens is 1. The maximum Gasteiger partial charge on any atom is 0.234 e. The van der Waals surface area contributed by atoms with Crippen LogP contribution in [0.4, 0.5) is 0 Å². The number of hydrogen-bond acceptors (Lipinski definition) is 5. The first-order valence-electron chi connectivity index (χ1n) is 9.44. The zero-order valence-electron chi connectivity index (χ0n) is 15.6. The maximum absolute atomic E-state index is 12.9. The fourth-order valence-electron chi connectivity index (χ4n) is 3.85. The summed E-state index contributed by atoms with van der Waals surface area (Å²) in [5.41, 5.74) is 2.78. The van der Waals surface area contributed by atoms with Gasteiger partial charge in [-0.2, -0.15) is 0 Å². The van der Waals surface area contributed by atoms with Crippen LogP contribution < -0.4 is 10.1 Å². The predicted molar refractivity (Wildman–Crippen MR) is 108 cm³/mol. The number of ether oxygens (including phenoxy) is 1. The van der Waals surface area contributed by atoms with Crippen LogP contribution in [0.1, 0.15) is 21.5 Å². The van der Waals surface area contributed by atoms with E-state index in [9.17, 15) is 14.7 Å². The number of carbonyl (C=O) groups is 2. The van der Waals surface area contributed by atoms with Crippen LogP contribution in [-0.2, 0) is 11.3 Å². The van der Waals surface area contributed by atoms with Crippen LogP contribution in [-0.4, -0.2) is 46.3 Å². The van der Waals surface area contributed by atoms with Crippen LogP contribution in [0.5, 0.6) is 11.5 Å². The number of phenols is 1. The van der Waals surface area contributed by atoms with Crippen molar-refractivity contribution in [1.82, 2.24) is 15.2 Å². The number of nitrogens with one attached hydrogen (secondary N) is 2. The fourth-order valence-corrected chi connectivity index (χ4v) is 3.85. The SMILES string of the molecule is O=C1CN(Cc2c(O)ccc3c2O/C(=C\c2c[nH]c4ccccc24)C3=O)CCN1. The van der Waals surface area contributed by atoms with Gasteiger partial charge in [0, 0.05) is 42.3 Å². The third kappa shape index (κ3) is 3.05. The van der Waals surface area contributed by atoms with Gasteiger partial charge in [0.15, 0.2) is 5.76 Å². The number of allylic oxidation sites excluding steroid dienone is 1. The van der Waals surface area contributed by atoms with E-state index in [-0.39, 0.29) is 29.7 Å². The summed E-state index contributed by atoms with van der Waals surface area (Å²) in [6.07, 6.45) is 3.55. The summed E-state index contributed by atoms with van der Waals surface area (Å²) in [6.45, 7) is 1.80. The summed E-state index contributed by atoms with van der Waals surface area (Å²) in [5, 5.41) is 14.2. The second-order valence-corrected chi connectivity index (χ2v) is 7.23. The van der Waals surface area contributed by atoms with Crippen LogP contribution in [0, 0.1) is 0 Å².